The van der Waals surface area contributed by atoms with Crippen molar-refractivity contribution in [1.82, 2.24) is 0 Å². The number of thioether (sulfide) groups is 1. The number of amides is 1. The molecule has 0 saturated heterocycles. The van der Waals surface area contributed by atoms with Gasteiger partial charge in [-0.3, -0.25) is 4.79 Å². The molecule has 1 amide bonds. The van der Waals surface area contributed by atoms with Gasteiger partial charge in [0.05, 0.1) is 18.0 Å². The lowest BCUT2D eigenvalue weighted by Crippen LogP contribution is -2.31. The summed E-state index contributed by atoms with van der Waals surface area (Å²) in [5.74, 6) is 0.0404. The minimum absolute atomic E-state index is 0.0404. The Bertz CT molecular complexity index is 503. The van der Waals surface area contributed by atoms with E-state index in [4.69, 9.17) is 5.73 Å². The van der Waals surface area contributed by atoms with Gasteiger partial charge in [-0.15, -0.1) is 0 Å². The molecule has 2 atom stereocenters. The molecule has 1 heterocycles. The van der Waals surface area contributed by atoms with Gasteiger partial charge in [-0.05, 0) is 37.3 Å². The molecule has 1 aromatic carbocycles. The highest BCUT2D eigenvalue weighted by atomic mass is 32.2. The number of carbonyl (C=O) groups excluding carboxylic acids is 1. The maximum Gasteiger partial charge on any atom is 0.224 e. The maximum absolute atomic E-state index is 11.4. The first-order valence-electron chi connectivity index (χ1n) is 6.67. The lowest BCUT2D eigenvalue weighted by atomic mass is 10.0. The Labute approximate surface area is 123 Å². The number of carbonyl (C=O) groups is 1. The fourth-order valence-electron chi connectivity index (χ4n) is 2.35. The lowest BCUT2D eigenvalue weighted by molar-refractivity contribution is -0.116. The van der Waals surface area contributed by atoms with Crippen LogP contribution < -0.4 is 16.4 Å². The van der Waals surface area contributed by atoms with E-state index in [1.165, 1.54) is 0 Å². The minimum atomic E-state index is 0.0404. The lowest BCUT2D eigenvalue weighted by Gasteiger charge is -2.25. The Morgan fingerprint density at radius 1 is 1.50 bits per heavy atom. The number of anilines is 3. The van der Waals surface area contributed by atoms with Gasteiger partial charge in [0.1, 0.15) is 0 Å². The monoisotopic (exact) mass is 295 g/mol. The van der Waals surface area contributed by atoms with Gasteiger partial charge < -0.3 is 21.5 Å². The molecule has 110 valence electrons. The predicted molar refractivity (Wildman–Crippen MR) is 85.3 cm³/mol. The maximum atomic E-state index is 11.4. The predicted octanol–water partition coefficient (Wildman–Crippen LogP) is 1.68. The Balaban J connectivity index is 2.20. The molecule has 5 N–H and O–H groups in total. The summed E-state index contributed by atoms with van der Waals surface area (Å²) in [6, 6.07) is 3.87. The number of benzene rings is 1. The average molecular weight is 295 g/mol. The number of aliphatic hydroxyl groups is 1. The van der Waals surface area contributed by atoms with Crippen molar-refractivity contribution < 1.29 is 9.90 Å². The van der Waals surface area contributed by atoms with Gasteiger partial charge in [-0.1, -0.05) is 0 Å². The van der Waals surface area contributed by atoms with E-state index in [2.05, 4.69) is 10.6 Å². The van der Waals surface area contributed by atoms with Crippen LogP contribution in [0.25, 0.3) is 0 Å². The summed E-state index contributed by atoms with van der Waals surface area (Å²) >= 11 is 1.61. The second-order valence-electron chi connectivity index (χ2n) is 5.03. The summed E-state index contributed by atoms with van der Waals surface area (Å²) in [5, 5.41) is 15.6. The number of nitrogens with one attached hydrogen (secondary N) is 2. The molecule has 1 aliphatic heterocycles. The molecule has 1 aromatic rings. The zero-order valence-electron chi connectivity index (χ0n) is 11.8. The molecule has 0 fully saturated rings. The number of rotatable bonds is 5. The quantitative estimate of drug-likeness (QED) is 0.621. The average Bonchev–Trinajstić information content (AvgIpc) is 2.41. The zero-order chi connectivity index (χ0) is 14.7. The third kappa shape index (κ3) is 3.19. The van der Waals surface area contributed by atoms with Crippen LogP contribution in [0.1, 0.15) is 18.9 Å². The zero-order valence-corrected chi connectivity index (χ0v) is 12.6. The molecule has 20 heavy (non-hydrogen) atoms. The summed E-state index contributed by atoms with van der Waals surface area (Å²) < 4.78 is 0. The van der Waals surface area contributed by atoms with Crippen LogP contribution in [-0.2, 0) is 11.2 Å². The SMILES string of the molecule is CSC(CO)C(C)Nc1cc2c(cc1N)CCC(=O)N2. The molecule has 0 saturated carbocycles. The normalized spacial score (nSPS) is 17.1. The molecule has 0 spiro atoms. The van der Waals surface area contributed by atoms with E-state index >= 15 is 0 Å². The molecule has 0 radical (unpaired) electrons. The Morgan fingerprint density at radius 2 is 2.25 bits per heavy atom. The first kappa shape index (κ1) is 15.0. The van der Waals surface area contributed by atoms with Crippen molar-refractivity contribution in [2.24, 2.45) is 0 Å². The second-order valence-corrected chi connectivity index (χ2v) is 6.11. The Hall–Kier alpha value is -1.40. The van der Waals surface area contributed by atoms with Crippen molar-refractivity contribution in [1.29, 1.82) is 0 Å². The molecule has 1 aliphatic rings. The van der Waals surface area contributed by atoms with E-state index in [1.807, 2.05) is 25.3 Å². The molecular weight excluding hydrogens is 274 g/mol. The highest BCUT2D eigenvalue weighted by Crippen LogP contribution is 2.32. The highest BCUT2D eigenvalue weighted by Gasteiger charge is 2.19. The van der Waals surface area contributed by atoms with Gasteiger partial charge in [0.15, 0.2) is 0 Å². The van der Waals surface area contributed by atoms with E-state index in [-0.39, 0.29) is 23.8 Å². The number of nitrogen functional groups attached to an aromatic ring is 1. The van der Waals surface area contributed by atoms with Gasteiger partial charge in [0.2, 0.25) is 5.91 Å². The minimum Gasteiger partial charge on any atom is -0.397 e. The molecule has 0 aromatic heterocycles. The number of hydrogen-bond acceptors (Lipinski definition) is 5. The number of hydrogen-bond donors (Lipinski definition) is 4. The number of aryl methyl sites for hydroxylation is 1. The first-order valence-corrected chi connectivity index (χ1v) is 7.96. The number of nitrogens with two attached hydrogens (primary N) is 1. The summed E-state index contributed by atoms with van der Waals surface area (Å²) in [6.45, 7) is 2.12. The van der Waals surface area contributed by atoms with Crippen LogP contribution in [0.15, 0.2) is 12.1 Å². The molecule has 6 heteroatoms. The number of aliphatic hydroxyl groups excluding tert-OH is 1. The van der Waals surface area contributed by atoms with Crippen LogP contribution in [0, 0.1) is 0 Å². The van der Waals surface area contributed by atoms with Crippen LogP contribution in [-0.4, -0.2) is 35.2 Å². The fourth-order valence-corrected chi connectivity index (χ4v) is 2.97. The van der Waals surface area contributed by atoms with Crippen LogP contribution >= 0.6 is 11.8 Å². The van der Waals surface area contributed by atoms with Gasteiger partial charge in [0, 0.05) is 23.4 Å². The second kappa shape index (κ2) is 6.37. The summed E-state index contributed by atoms with van der Waals surface area (Å²) in [7, 11) is 0. The fraction of sp³-hybridized carbons (Fsp3) is 0.500. The van der Waals surface area contributed by atoms with E-state index in [0.29, 0.717) is 12.1 Å². The highest BCUT2D eigenvalue weighted by molar-refractivity contribution is 7.99. The summed E-state index contributed by atoms with van der Waals surface area (Å²) in [4.78, 5) is 11.4. The van der Waals surface area contributed by atoms with Crippen molar-refractivity contribution in [3.05, 3.63) is 17.7 Å². The number of fused-ring (bicyclic) bond motifs is 1. The molecular formula is C14H21N3O2S. The van der Waals surface area contributed by atoms with Crippen molar-refractivity contribution in [2.45, 2.75) is 31.1 Å². The Kier molecular flexibility index (Phi) is 4.77. The van der Waals surface area contributed by atoms with Crippen LogP contribution in [0.5, 0.6) is 0 Å². The van der Waals surface area contributed by atoms with Gasteiger partial charge in [0.25, 0.3) is 0 Å². The molecule has 2 rings (SSSR count). The van der Waals surface area contributed by atoms with E-state index in [9.17, 15) is 9.90 Å². The third-order valence-electron chi connectivity index (χ3n) is 3.59. The van der Waals surface area contributed by atoms with E-state index < -0.39 is 0 Å². The standard InChI is InChI=1S/C14H21N3O2S/c1-8(13(7-18)20-2)16-12-6-11-9(5-10(12)15)3-4-14(19)17-11/h5-6,8,13,16,18H,3-4,7,15H2,1-2H3,(H,17,19). The van der Waals surface area contributed by atoms with Crippen molar-refractivity contribution in [3.8, 4) is 0 Å². The third-order valence-corrected chi connectivity index (χ3v) is 4.76. The van der Waals surface area contributed by atoms with Gasteiger partial charge in [-0.25, -0.2) is 0 Å². The topological polar surface area (TPSA) is 87.4 Å². The van der Waals surface area contributed by atoms with Crippen LogP contribution in [0.3, 0.4) is 0 Å². The van der Waals surface area contributed by atoms with Gasteiger partial charge >= 0.3 is 0 Å². The molecule has 0 aliphatic carbocycles. The van der Waals surface area contributed by atoms with Crippen molar-refractivity contribution >= 4 is 34.7 Å². The van der Waals surface area contributed by atoms with Crippen molar-refractivity contribution in [3.63, 3.8) is 0 Å². The Morgan fingerprint density at radius 3 is 2.90 bits per heavy atom. The van der Waals surface area contributed by atoms with E-state index in [0.717, 1.165) is 23.4 Å². The summed E-state index contributed by atoms with van der Waals surface area (Å²) in [5.41, 5.74) is 9.44. The van der Waals surface area contributed by atoms with Crippen LogP contribution in [0.2, 0.25) is 0 Å². The first-order chi connectivity index (χ1) is 9.55. The smallest absolute Gasteiger partial charge is 0.224 e. The molecule has 2 unspecified atom stereocenters. The van der Waals surface area contributed by atoms with Crippen LogP contribution in [0.4, 0.5) is 17.1 Å². The summed E-state index contributed by atoms with van der Waals surface area (Å²) in [6.07, 6.45) is 3.20. The molecule has 0 bridgehead atoms. The van der Waals surface area contributed by atoms with Gasteiger partial charge in [-0.2, -0.15) is 11.8 Å². The van der Waals surface area contributed by atoms with E-state index in [1.54, 1.807) is 11.8 Å². The molecule has 5 nitrogen and oxygen atoms in total. The van der Waals surface area contributed by atoms with Crippen molar-refractivity contribution in [2.75, 3.05) is 29.2 Å². The largest absolute Gasteiger partial charge is 0.397 e.